The SMILES string of the molecule is CC(C)(C)OC(=O)NCC(=O)OCCCC(=O)OCc1ccccc1.CCC.[HH]. The highest BCUT2D eigenvalue weighted by atomic mass is 16.6. The van der Waals surface area contributed by atoms with Crippen molar-refractivity contribution in [2.24, 2.45) is 0 Å². The summed E-state index contributed by atoms with van der Waals surface area (Å²) < 4.78 is 15.0. The zero-order valence-corrected chi connectivity index (χ0v) is 17.6. The first-order valence-corrected chi connectivity index (χ1v) is 9.50. The number of ether oxygens (including phenoxy) is 3. The zero-order valence-electron chi connectivity index (χ0n) is 17.6. The van der Waals surface area contributed by atoms with Crippen molar-refractivity contribution in [1.29, 1.82) is 0 Å². The number of rotatable bonds is 8. The molecule has 0 saturated heterocycles. The van der Waals surface area contributed by atoms with Crippen molar-refractivity contribution in [1.82, 2.24) is 5.32 Å². The number of esters is 2. The van der Waals surface area contributed by atoms with Crippen molar-refractivity contribution in [3.05, 3.63) is 35.9 Å². The first-order chi connectivity index (χ1) is 13.2. The van der Waals surface area contributed by atoms with Crippen molar-refractivity contribution < 1.29 is 30.0 Å². The quantitative estimate of drug-likeness (QED) is 0.401. The first-order valence-electron chi connectivity index (χ1n) is 9.50. The van der Waals surface area contributed by atoms with Gasteiger partial charge < -0.3 is 19.5 Å². The van der Waals surface area contributed by atoms with Crippen LogP contribution in [-0.4, -0.2) is 36.8 Å². The molecule has 0 bridgehead atoms. The highest BCUT2D eigenvalue weighted by Gasteiger charge is 2.16. The van der Waals surface area contributed by atoms with E-state index in [0.717, 1.165) is 5.56 Å². The van der Waals surface area contributed by atoms with Crippen LogP contribution in [0.4, 0.5) is 4.79 Å². The van der Waals surface area contributed by atoms with Crippen molar-refractivity contribution in [3.8, 4) is 0 Å². The third-order valence-corrected chi connectivity index (χ3v) is 2.81. The Morgan fingerprint density at radius 2 is 1.61 bits per heavy atom. The minimum atomic E-state index is -0.686. The summed E-state index contributed by atoms with van der Waals surface area (Å²) in [5.74, 6) is -0.949. The van der Waals surface area contributed by atoms with Gasteiger partial charge in [-0.2, -0.15) is 0 Å². The fourth-order valence-corrected chi connectivity index (χ4v) is 1.72. The molecule has 0 aliphatic carbocycles. The molecule has 0 atom stereocenters. The number of hydrogen-bond acceptors (Lipinski definition) is 6. The third kappa shape index (κ3) is 15.7. The number of carbonyl (C=O) groups excluding carboxylic acids is 3. The lowest BCUT2D eigenvalue weighted by Crippen LogP contribution is -2.36. The van der Waals surface area contributed by atoms with Crippen molar-refractivity contribution in [2.45, 2.75) is 66.1 Å². The van der Waals surface area contributed by atoms with Gasteiger partial charge in [0.05, 0.1) is 6.61 Å². The van der Waals surface area contributed by atoms with Crippen LogP contribution in [0.15, 0.2) is 30.3 Å². The molecule has 0 saturated carbocycles. The summed E-state index contributed by atoms with van der Waals surface area (Å²) in [6.07, 6.45) is 1.07. The monoisotopic (exact) mass is 397 g/mol. The van der Waals surface area contributed by atoms with Gasteiger partial charge in [0.25, 0.3) is 0 Å². The molecule has 0 fully saturated rings. The molecular formula is C21H35NO6. The van der Waals surface area contributed by atoms with E-state index in [1.807, 2.05) is 30.3 Å². The molecule has 28 heavy (non-hydrogen) atoms. The van der Waals surface area contributed by atoms with E-state index in [2.05, 4.69) is 19.2 Å². The Morgan fingerprint density at radius 1 is 1.00 bits per heavy atom. The summed E-state index contributed by atoms with van der Waals surface area (Å²) in [6.45, 7) is 9.44. The average Bonchev–Trinajstić information content (AvgIpc) is 2.62. The van der Waals surface area contributed by atoms with Gasteiger partial charge in [0, 0.05) is 7.85 Å². The maximum absolute atomic E-state index is 11.6. The van der Waals surface area contributed by atoms with E-state index >= 15 is 0 Å². The van der Waals surface area contributed by atoms with Crippen LogP contribution in [0.25, 0.3) is 0 Å². The Bertz CT molecular complexity index is 587. The molecule has 1 amide bonds. The molecule has 0 radical (unpaired) electrons. The summed E-state index contributed by atoms with van der Waals surface area (Å²) in [4.78, 5) is 34.4. The van der Waals surface area contributed by atoms with E-state index < -0.39 is 17.7 Å². The molecule has 0 unspecified atom stereocenters. The van der Waals surface area contributed by atoms with Crippen molar-refractivity contribution in [2.75, 3.05) is 13.2 Å². The maximum atomic E-state index is 11.6. The van der Waals surface area contributed by atoms with Gasteiger partial charge in [-0.15, -0.1) is 0 Å². The summed E-state index contributed by atoms with van der Waals surface area (Å²) in [6, 6.07) is 9.36. The van der Waals surface area contributed by atoms with Crippen LogP contribution < -0.4 is 5.32 Å². The predicted molar refractivity (Wildman–Crippen MR) is 109 cm³/mol. The van der Waals surface area contributed by atoms with Crippen LogP contribution in [0, 0.1) is 0 Å². The molecule has 0 spiro atoms. The summed E-state index contributed by atoms with van der Waals surface area (Å²) in [5.41, 5.74) is 0.282. The second kappa shape index (κ2) is 14.5. The number of amides is 1. The topological polar surface area (TPSA) is 90.9 Å². The standard InChI is InChI=1S/C18H25NO6.C3H8.H2/c1-18(2,3)25-17(22)19-12-16(21)23-11-7-10-15(20)24-13-14-8-5-4-6-9-14;1-3-2;/h4-6,8-9H,7,10-13H2,1-3H3,(H,19,22);3H2,1-2H3;1H. The molecular weight excluding hydrogens is 362 g/mol. The molecule has 1 aromatic carbocycles. The largest absolute Gasteiger partial charge is 0.464 e. The molecule has 7 nitrogen and oxygen atoms in total. The van der Waals surface area contributed by atoms with Crippen LogP contribution in [0.5, 0.6) is 0 Å². The number of carbonyl (C=O) groups is 3. The molecule has 0 aromatic heterocycles. The zero-order chi connectivity index (χ0) is 21.4. The number of benzene rings is 1. The Hall–Kier alpha value is -2.57. The number of hydrogen-bond donors (Lipinski definition) is 1. The fraction of sp³-hybridized carbons (Fsp3) is 0.571. The van der Waals surface area contributed by atoms with Gasteiger partial charge in [-0.1, -0.05) is 50.6 Å². The second-order valence-electron chi connectivity index (χ2n) is 7.03. The lowest BCUT2D eigenvalue weighted by Gasteiger charge is -2.19. The van der Waals surface area contributed by atoms with Gasteiger partial charge in [0.15, 0.2) is 0 Å². The molecule has 1 N–H and O–H groups in total. The predicted octanol–water partition coefficient (Wildman–Crippen LogP) is 4.24. The van der Waals surface area contributed by atoms with Crippen LogP contribution in [-0.2, 0) is 30.4 Å². The Balaban J connectivity index is 0. The molecule has 1 rings (SSSR count). The average molecular weight is 398 g/mol. The molecule has 1 aromatic rings. The van der Waals surface area contributed by atoms with E-state index in [9.17, 15) is 14.4 Å². The van der Waals surface area contributed by atoms with Crippen LogP contribution in [0.3, 0.4) is 0 Å². The van der Waals surface area contributed by atoms with Crippen LogP contribution in [0.2, 0.25) is 0 Å². The molecule has 0 aliphatic heterocycles. The van der Waals surface area contributed by atoms with Gasteiger partial charge in [-0.25, -0.2) is 4.79 Å². The molecule has 7 heteroatoms. The molecule has 0 aliphatic rings. The Labute approximate surface area is 169 Å². The number of nitrogens with one attached hydrogen (secondary N) is 1. The van der Waals surface area contributed by atoms with E-state index in [1.54, 1.807) is 20.8 Å². The third-order valence-electron chi connectivity index (χ3n) is 2.81. The summed E-state index contributed by atoms with van der Waals surface area (Å²) >= 11 is 0. The second-order valence-corrected chi connectivity index (χ2v) is 7.03. The Morgan fingerprint density at radius 3 is 2.18 bits per heavy atom. The van der Waals surface area contributed by atoms with E-state index in [0.29, 0.717) is 6.42 Å². The normalized spacial score (nSPS) is 10.2. The van der Waals surface area contributed by atoms with Gasteiger partial charge in [0.2, 0.25) is 0 Å². The van der Waals surface area contributed by atoms with Crippen molar-refractivity contribution >= 4 is 18.0 Å². The fourth-order valence-electron chi connectivity index (χ4n) is 1.72. The number of alkyl carbamates (subject to hydrolysis) is 1. The van der Waals surface area contributed by atoms with Crippen molar-refractivity contribution in [3.63, 3.8) is 0 Å². The summed E-state index contributed by atoms with van der Waals surface area (Å²) in [7, 11) is 0. The lowest BCUT2D eigenvalue weighted by molar-refractivity contribution is -0.147. The molecule has 160 valence electrons. The van der Waals surface area contributed by atoms with Gasteiger partial charge in [-0.3, -0.25) is 9.59 Å². The summed E-state index contributed by atoms with van der Waals surface area (Å²) in [5, 5.41) is 2.30. The van der Waals surface area contributed by atoms with Gasteiger partial charge in [-0.05, 0) is 32.8 Å². The van der Waals surface area contributed by atoms with Gasteiger partial charge in [0.1, 0.15) is 18.8 Å². The first kappa shape index (κ1) is 25.4. The maximum Gasteiger partial charge on any atom is 0.408 e. The Kier molecular flexibility index (Phi) is 13.2. The van der Waals surface area contributed by atoms with Crippen LogP contribution in [0.1, 0.15) is 60.9 Å². The lowest BCUT2D eigenvalue weighted by atomic mass is 10.2. The molecule has 0 heterocycles. The smallest absolute Gasteiger partial charge is 0.408 e. The highest BCUT2D eigenvalue weighted by Crippen LogP contribution is 2.06. The van der Waals surface area contributed by atoms with Crippen LogP contribution >= 0.6 is 0 Å². The van der Waals surface area contributed by atoms with Gasteiger partial charge >= 0.3 is 18.0 Å². The van der Waals surface area contributed by atoms with E-state index in [-0.39, 0.29) is 33.6 Å². The minimum absolute atomic E-state index is 0. The highest BCUT2D eigenvalue weighted by molar-refractivity contribution is 5.78. The van der Waals surface area contributed by atoms with E-state index in [1.165, 1.54) is 6.42 Å². The van der Waals surface area contributed by atoms with E-state index in [4.69, 9.17) is 14.2 Å². The minimum Gasteiger partial charge on any atom is -0.464 e.